The third-order valence-corrected chi connectivity index (χ3v) is 3.54. The van der Waals surface area contributed by atoms with Gasteiger partial charge in [0, 0.05) is 17.0 Å². The first kappa shape index (κ1) is 13.3. The second-order valence-electron chi connectivity index (χ2n) is 4.99. The number of para-hydroxylation sites is 1. The normalized spacial score (nSPS) is 16.4. The van der Waals surface area contributed by atoms with Gasteiger partial charge in [-0.05, 0) is 30.4 Å². The fraction of sp³-hybridized carbons (Fsp3) is 0. The van der Waals surface area contributed by atoms with Gasteiger partial charge in [0.25, 0.3) is 0 Å². The predicted molar refractivity (Wildman–Crippen MR) is 84.9 cm³/mol. The van der Waals surface area contributed by atoms with Crippen molar-refractivity contribution in [3.05, 3.63) is 88.9 Å². The van der Waals surface area contributed by atoms with E-state index in [0.29, 0.717) is 5.71 Å². The maximum Gasteiger partial charge on any atom is 0.383 e. The molecule has 0 fully saturated rings. The van der Waals surface area contributed by atoms with Gasteiger partial charge in [-0.15, -0.1) is 0 Å². The van der Waals surface area contributed by atoms with Crippen molar-refractivity contribution in [2.24, 2.45) is 10.1 Å². The summed E-state index contributed by atoms with van der Waals surface area (Å²) in [6.45, 7) is 0. The molecule has 0 saturated carbocycles. The Morgan fingerprint density at radius 2 is 1.96 bits per heavy atom. The van der Waals surface area contributed by atoms with Crippen LogP contribution in [0.25, 0.3) is 5.57 Å². The zero-order chi connectivity index (χ0) is 15.6. The van der Waals surface area contributed by atoms with Gasteiger partial charge in [0.1, 0.15) is 5.71 Å². The van der Waals surface area contributed by atoms with Crippen LogP contribution in [0, 0.1) is 0 Å². The summed E-state index contributed by atoms with van der Waals surface area (Å²) in [5, 5.41) is 5.88. The molecule has 2 heterocycles. The van der Waals surface area contributed by atoms with E-state index in [1.165, 1.54) is 6.20 Å². The Labute approximate surface area is 131 Å². The Bertz CT molecular complexity index is 1000. The monoisotopic (exact) mass is 301 g/mol. The van der Waals surface area contributed by atoms with E-state index in [0.717, 1.165) is 21.8 Å². The van der Waals surface area contributed by atoms with Gasteiger partial charge in [-0.1, -0.05) is 35.5 Å². The van der Waals surface area contributed by atoms with E-state index in [4.69, 9.17) is 4.84 Å². The molecule has 23 heavy (non-hydrogen) atoms. The molecule has 0 saturated heterocycles. The second-order valence-corrected chi connectivity index (χ2v) is 4.99. The molecule has 0 spiro atoms. The summed E-state index contributed by atoms with van der Waals surface area (Å²) in [5.41, 5.74) is 2.48. The molecule has 0 bridgehead atoms. The van der Waals surface area contributed by atoms with Crippen LogP contribution >= 0.6 is 0 Å². The number of carbonyl (C=O) groups is 1. The molecule has 1 aromatic carbocycles. The molecular formula is C18H11N3O2. The van der Waals surface area contributed by atoms with Gasteiger partial charge in [0.05, 0.1) is 11.1 Å². The van der Waals surface area contributed by atoms with Gasteiger partial charge in [0.15, 0.2) is 5.69 Å². The number of aromatic nitrogens is 1. The highest BCUT2D eigenvalue weighted by molar-refractivity contribution is 6.30. The molecule has 4 rings (SSSR count). The van der Waals surface area contributed by atoms with Gasteiger partial charge in [0.2, 0.25) is 0 Å². The third kappa shape index (κ3) is 2.38. The van der Waals surface area contributed by atoms with Crippen molar-refractivity contribution in [1.82, 2.24) is 4.98 Å². The standard InChI is InChI=1S/C18H11N3O2/c22-18(16-8-3-4-11-19-16)23-21-15-10-5-9-14-17(15)12-6-1-2-7-13(12)20-14/h1-11H. The number of allylic oxidation sites excluding steroid dienone is 4. The number of rotatable bonds is 2. The number of carbonyl (C=O) groups excluding carboxylic acids is 1. The van der Waals surface area contributed by atoms with E-state index in [2.05, 4.69) is 15.1 Å². The van der Waals surface area contributed by atoms with Crippen LogP contribution in [0.1, 0.15) is 10.5 Å². The Morgan fingerprint density at radius 1 is 1.09 bits per heavy atom. The van der Waals surface area contributed by atoms with Crippen molar-refractivity contribution < 1.29 is 9.63 Å². The maximum absolute atomic E-state index is 12.0. The van der Waals surface area contributed by atoms with Crippen molar-refractivity contribution in [2.75, 3.05) is 0 Å². The lowest BCUT2D eigenvalue weighted by Gasteiger charge is -2.07. The molecule has 0 unspecified atom stereocenters. The van der Waals surface area contributed by atoms with E-state index >= 15 is 0 Å². The summed E-state index contributed by atoms with van der Waals surface area (Å²) >= 11 is 0. The molecule has 0 N–H and O–H groups in total. The highest BCUT2D eigenvalue weighted by Gasteiger charge is 2.20. The highest BCUT2D eigenvalue weighted by Crippen LogP contribution is 2.20. The number of fused-ring (bicyclic) bond motifs is 2. The second kappa shape index (κ2) is 5.46. The quantitative estimate of drug-likeness (QED) is 0.624. The van der Waals surface area contributed by atoms with E-state index in [1.807, 2.05) is 36.4 Å². The highest BCUT2D eigenvalue weighted by atomic mass is 16.7. The van der Waals surface area contributed by atoms with Crippen LogP contribution < -0.4 is 10.6 Å². The molecule has 1 aliphatic carbocycles. The zero-order valence-electron chi connectivity index (χ0n) is 12.0. The molecule has 0 amide bonds. The van der Waals surface area contributed by atoms with Gasteiger partial charge in [-0.3, -0.25) is 0 Å². The maximum atomic E-state index is 12.0. The van der Waals surface area contributed by atoms with Crippen LogP contribution in [0.5, 0.6) is 0 Å². The van der Waals surface area contributed by atoms with Crippen LogP contribution in [0.2, 0.25) is 0 Å². The van der Waals surface area contributed by atoms with Crippen LogP contribution in [0.15, 0.2) is 82.7 Å². The smallest absolute Gasteiger partial charge is 0.310 e. The van der Waals surface area contributed by atoms with Gasteiger partial charge < -0.3 is 4.84 Å². The fourth-order valence-electron chi connectivity index (χ4n) is 2.51. The van der Waals surface area contributed by atoms with E-state index in [9.17, 15) is 4.79 Å². The minimum atomic E-state index is -0.591. The number of benzene rings is 1. The molecule has 2 aromatic rings. The molecule has 2 aliphatic rings. The summed E-state index contributed by atoms with van der Waals surface area (Å²) in [6, 6.07) is 12.8. The van der Waals surface area contributed by atoms with Crippen LogP contribution in [0.4, 0.5) is 0 Å². The molecule has 110 valence electrons. The zero-order valence-corrected chi connectivity index (χ0v) is 12.0. The third-order valence-electron chi connectivity index (χ3n) is 3.54. The average Bonchev–Trinajstić information content (AvgIpc) is 2.99. The summed E-state index contributed by atoms with van der Waals surface area (Å²) in [5.74, 6) is -0.591. The number of nitrogens with zero attached hydrogens (tertiary/aromatic N) is 3. The molecule has 5 nitrogen and oxygen atoms in total. The Balaban J connectivity index is 1.71. The molecule has 5 heteroatoms. The van der Waals surface area contributed by atoms with Crippen molar-refractivity contribution in [1.29, 1.82) is 0 Å². The molecule has 0 atom stereocenters. The lowest BCUT2D eigenvalue weighted by molar-refractivity contribution is 0.0510. The minimum absolute atomic E-state index is 0.217. The van der Waals surface area contributed by atoms with E-state index in [-0.39, 0.29) is 5.69 Å². The van der Waals surface area contributed by atoms with Gasteiger partial charge in [-0.2, -0.15) is 0 Å². The average molecular weight is 301 g/mol. The number of hydrogen-bond donors (Lipinski definition) is 0. The van der Waals surface area contributed by atoms with Crippen molar-refractivity contribution in [3.8, 4) is 0 Å². The summed E-state index contributed by atoms with van der Waals surface area (Å²) in [6.07, 6.45) is 7.07. The minimum Gasteiger partial charge on any atom is -0.310 e. The van der Waals surface area contributed by atoms with Crippen LogP contribution in [-0.2, 0) is 4.84 Å². The lowest BCUT2D eigenvalue weighted by atomic mass is 10.0. The number of pyridine rings is 1. The number of oxime groups is 1. The fourth-order valence-corrected chi connectivity index (χ4v) is 2.51. The number of hydrogen-bond acceptors (Lipinski definition) is 5. The SMILES string of the molecule is O=C(ON=C1C=CC=C2N=c3ccccc3=C21)c1ccccn1. The molecule has 1 aromatic heterocycles. The molecular weight excluding hydrogens is 290 g/mol. The predicted octanol–water partition coefficient (Wildman–Crippen LogP) is 1.53. The Hall–Kier alpha value is -3.34. The summed E-state index contributed by atoms with van der Waals surface area (Å²) in [4.78, 5) is 25.5. The largest absolute Gasteiger partial charge is 0.383 e. The molecule has 0 radical (unpaired) electrons. The first-order valence-electron chi connectivity index (χ1n) is 7.10. The van der Waals surface area contributed by atoms with Crippen LogP contribution in [-0.4, -0.2) is 16.7 Å². The van der Waals surface area contributed by atoms with E-state index in [1.54, 1.807) is 24.3 Å². The lowest BCUT2D eigenvalue weighted by Crippen LogP contribution is -2.24. The van der Waals surface area contributed by atoms with Crippen molar-refractivity contribution >= 4 is 17.3 Å². The Kier molecular flexibility index (Phi) is 3.16. The first-order chi connectivity index (χ1) is 11.3. The van der Waals surface area contributed by atoms with Crippen LogP contribution in [0.3, 0.4) is 0 Å². The summed E-state index contributed by atoms with van der Waals surface area (Å²) in [7, 11) is 0. The topological polar surface area (TPSA) is 63.9 Å². The van der Waals surface area contributed by atoms with Gasteiger partial charge >= 0.3 is 5.97 Å². The van der Waals surface area contributed by atoms with Crippen molar-refractivity contribution in [2.45, 2.75) is 0 Å². The Morgan fingerprint density at radius 3 is 2.83 bits per heavy atom. The molecule has 1 aliphatic heterocycles. The summed E-state index contributed by atoms with van der Waals surface area (Å²) < 4.78 is 0. The van der Waals surface area contributed by atoms with Gasteiger partial charge in [-0.25, -0.2) is 14.8 Å². The van der Waals surface area contributed by atoms with E-state index < -0.39 is 5.97 Å². The first-order valence-corrected chi connectivity index (χ1v) is 7.10. The van der Waals surface area contributed by atoms with Crippen molar-refractivity contribution in [3.63, 3.8) is 0 Å².